The largest absolute Gasteiger partial charge is 1.00 e. The first-order chi connectivity index (χ1) is 15.1. The molecule has 0 spiro atoms. The highest BCUT2D eigenvalue weighted by atomic mass is 79.9. The van der Waals surface area contributed by atoms with Crippen LogP contribution in [0.3, 0.4) is 0 Å². The van der Waals surface area contributed by atoms with Crippen molar-refractivity contribution in [2.45, 2.75) is 19.9 Å². The van der Waals surface area contributed by atoms with E-state index in [1.165, 1.54) is 16.7 Å². The molecule has 3 aromatic carbocycles. The average molecular weight is 491 g/mol. The molecule has 0 aliphatic carbocycles. The second-order valence-corrected chi connectivity index (χ2v) is 7.74. The fraction of sp³-hybridized carbons (Fsp3) is 0.185. The van der Waals surface area contributed by atoms with Crippen molar-refractivity contribution >= 4 is 16.7 Å². The van der Waals surface area contributed by atoms with Crippen LogP contribution in [0.4, 0.5) is 0 Å². The first kappa shape index (κ1) is 23.5. The Kier molecular flexibility index (Phi) is 8.01. The summed E-state index contributed by atoms with van der Waals surface area (Å²) in [5.41, 5.74) is 4.49. The van der Waals surface area contributed by atoms with Crippen molar-refractivity contribution in [3.8, 4) is 5.75 Å². The van der Waals surface area contributed by atoms with Gasteiger partial charge in [0.1, 0.15) is 5.75 Å². The molecule has 0 saturated heterocycles. The number of aryl methyl sites for hydroxylation is 1. The summed E-state index contributed by atoms with van der Waals surface area (Å²) in [7, 11) is 1.65. The summed E-state index contributed by atoms with van der Waals surface area (Å²) in [5.74, 6) is 0.760. The number of ether oxygens (including phenoxy) is 1. The van der Waals surface area contributed by atoms with Crippen molar-refractivity contribution in [2.24, 2.45) is 0 Å². The number of fused-ring (bicyclic) bond motifs is 1. The molecular weight excluding hydrogens is 464 g/mol. The van der Waals surface area contributed by atoms with Gasteiger partial charge in [-0.3, -0.25) is 4.79 Å². The number of benzene rings is 3. The van der Waals surface area contributed by atoms with Crippen LogP contribution in [0.25, 0.3) is 10.8 Å². The summed E-state index contributed by atoms with van der Waals surface area (Å²) in [6.45, 7) is 3.60. The van der Waals surface area contributed by atoms with Gasteiger partial charge in [-0.05, 0) is 59.5 Å². The SMILES string of the molecule is COc1ccc2cc(C(=O)NCCc3cc[n+](Cc4ccccc4C)cc3)ccc2c1.[Br-]. The zero-order valence-corrected chi connectivity index (χ0v) is 19.9. The number of halogens is 1. The minimum Gasteiger partial charge on any atom is -1.00 e. The zero-order chi connectivity index (χ0) is 21.6. The minimum absolute atomic E-state index is 0. The molecule has 1 N–H and O–H groups in total. The lowest BCUT2D eigenvalue weighted by Gasteiger charge is -2.08. The molecule has 0 atom stereocenters. The maximum absolute atomic E-state index is 12.6. The van der Waals surface area contributed by atoms with Crippen molar-refractivity contribution in [3.63, 3.8) is 0 Å². The van der Waals surface area contributed by atoms with Gasteiger partial charge in [-0.1, -0.05) is 36.4 Å². The Hall–Kier alpha value is -3.18. The molecule has 0 aliphatic heterocycles. The van der Waals surface area contributed by atoms with E-state index in [0.29, 0.717) is 12.1 Å². The second-order valence-electron chi connectivity index (χ2n) is 7.74. The fourth-order valence-corrected chi connectivity index (χ4v) is 3.66. The molecule has 4 aromatic rings. The molecular formula is C27H27BrN2O2. The van der Waals surface area contributed by atoms with E-state index in [4.69, 9.17) is 4.74 Å². The van der Waals surface area contributed by atoms with Crippen LogP contribution in [0.15, 0.2) is 85.2 Å². The van der Waals surface area contributed by atoms with Crippen molar-refractivity contribution in [1.82, 2.24) is 5.32 Å². The number of carbonyl (C=O) groups is 1. The number of nitrogens with one attached hydrogen (secondary N) is 1. The van der Waals surface area contributed by atoms with E-state index in [2.05, 4.69) is 65.6 Å². The standard InChI is InChI=1S/C27H26N2O2.BrH/c1-20-5-3-4-6-25(20)19-29-15-12-21(13-16-29)11-14-28-27(30)24-8-7-23-18-26(31-2)10-9-22(23)17-24;/h3-10,12-13,15-18H,11,14,19H2,1-2H3;1H. The third-order valence-corrected chi connectivity index (χ3v) is 5.58. The number of amides is 1. The second kappa shape index (κ2) is 10.9. The van der Waals surface area contributed by atoms with Gasteiger partial charge in [0.25, 0.3) is 5.91 Å². The summed E-state index contributed by atoms with van der Waals surface area (Å²) < 4.78 is 7.43. The normalized spacial score (nSPS) is 10.4. The molecule has 32 heavy (non-hydrogen) atoms. The monoisotopic (exact) mass is 490 g/mol. The van der Waals surface area contributed by atoms with E-state index >= 15 is 0 Å². The molecule has 164 valence electrons. The van der Waals surface area contributed by atoms with Crippen molar-refractivity contribution in [1.29, 1.82) is 0 Å². The van der Waals surface area contributed by atoms with Gasteiger partial charge in [0, 0.05) is 29.8 Å². The predicted molar refractivity (Wildman–Crippen MR) is 123 cm³/mol. The summed E-state index contributed by atoms with van der Waals surface area (Å²) >= 11 is 0. The van der Waals surface area contributed by atoms with Crippen molar-refractivity contribution in [2.75, 3.05) is 13.7 Å². The highest BCUT2D eigenvalue weighted by Crippen LogP contribution is 2.21. The van der Waals surface area contributed by atoms with Crippen LogP contribution < -0.4 is 31.6 Å². The van der Waals surface area contributed by atoms with Gasteiger partial charge < -0.3 is 27.0 Å². The van der Waals surface area contributed by atoms with E-state index in [9.17, 15) is 4.79 Å². The Morgan fingerprint density at radius 2 is 1.66 bits per heavy atom. The highest BCUT2D eigenvalue weighted by Gasteiger charge is 2.08. The summed E-state index contributed by atoms with van der Waals surface area (Å²) in [6.07, 6.45) is 4.99. The lowest BCUT2D eigenvalue weighted by molar-refractivity contribution is -0.688. The van der Waals surface area contributed by atoms with Gasteiger partial charge in [-0.15, -0.1) is 0 Å². The van der Waals surface area contributed by atoms with Crippen LogP contribution in [0.5, 0.6) is 5.75 Å². The number of nitrogens with zero attached hydrogens (tertiary/aromatic N) is 1. The first-order valence-electron chi connectivity index (χ1n) is 10.5. The van der Waals surface area contributed by atoms with Gasteiger partial charge in [0.15, 0.2) is 18.9 Å². The number of pyridine rings is 1. The Balaban J connectivity index is 0.00000289. The molecule has 0 unspecified atom stereocenters. The number of hydrogen-bond donors (Lipinski definition) is 1. The molecule has 1 heterocycles. The summed E-state index contributed by atoms with van der Waals surface area (Å²) in [5, 5.41) is 5.10. The predicted octanol–water partition coefficient (Wildman–Crippen LogP) is 1.47. The number of aromatic nitrogens is 1. The Labute approximate surface area is 199 Å². The number of methoxy groups -OCH3 is 1. The fourth-order valence-electron chi connectivity index (χ4n) is 3.66. The van der Waals surface area contributed by atoms with Crippen LogP contribution in [-0.2, 0) is 13.0 Å². The molecule has 4 rings (SSSR count). The zero-order valence-electron chi connectivity index (χ0n) is 18.3. The third kappa shape index (κ3) is 5.74. The molecule has 0 bridgehead atoms. The summed E-state index contributed by atoms with van der Waals surface area (Å²) in [4.78, 5) is 12.6. The van der Waals surface area contributed by atoms with Crippen molar-refractivity contribution in [3.05, 3.63) is 107 Å². The molecule has 5 heteroatoms. The van der Waals surface area contributed by atoms with Crippen LogP contribution >= 0.6 is 0 Å². The Bertz CT molecular complexity index is 1210. The highest BCUT2D eigenvalue weighted by molar-refractivity contribution is 5.98. The van der Waals surface area contributed by atoms with E-state index < -0.39 is 0 Å². The van der Waals surface area contributed by atoms with Crippen LogP contribution in [0.1, 0.15) is 27.0 Å². The smallest absolute Gasteiger partial charge is 0.251 e. The lowest BCUT2D eigenvalue weighted by Crippen LogP contribution is -3.00. The number of hydrogen-bond acceptors (Lipinski definition) is 2. The molecule has 0 radical (unpaired) electrons. The molecule has 0 fully saturated rings. The molecule has 0 saturated carbocycles. The Morgan fingerprint density at radius 3 is 2.41 bits per heavy atom. The molecule has 4 nitrogen and oxygen atoms in total. The van der Waals surface area contributed by atoms with Crippen LogP contribution in [-0.4, -0.2) is 19.6 Å². The Morgan fingerprint density at radius 1 is 0.938 bits per heavy atom. The van der Waals surface area contributed by atoms with Crippen molar-refractivity contribution < 1.29 is 31.1 Å². The quantitative estimate of drug-likeness (QED) is 0.398. The maximum Gasteiger partial charge on any atom is 0.251 e. The van der Waals surface area contributed by atoms with Gasteiger partial charge >= 0.3 is 0 Å². The summed E-state index contributed by atoms with van der Waals surface area (Å²) in [6, 6.07) is 24.3. The van der Waals surface area contributed by atoms with Gasteiger partial charge in [0.2, 0.25) is 0 Å². The molecule has 1 amide bonds. The third-order valence-electron chi connectivity index (χ3n) is 5.58. The van der Waals surface area contributed by atoms with Crippen LogP contribution in [0.2, 0.25) is 0 Å². The first-order valence-corrected chi connectivity index (χ1v) is 10.5. The van der Waals surface area contributed by atoms with E-state index in [1.807, 2.05) is 36.4 Å². The molecule has 1 aromatic heterocycles. The topological polar surface area (TPSA) is 42.2 Å². The maximum atomic E-state index is 12.6. The van der Waals surface area contributed by atoms with E-state index in [0.717, 1.165) is 29.5 Å². The van der Waals surface area contributed by atoms with E-state index in [-0.39, 0.29) is 22.9 Å². The number of rotatable bonds is 7. The lowest BCUT2D eigenvalue weighted by atomic mass is 10.1. The van der Waals surface area contributed by atoms with Gasteiger partial charge in [-0.25, -0.2) is 4.57 Å². The van der Waals surface area contributed by atoms with Crippen LogP contribution in [0, 0.1) is 6.92 Å². The van der Waals surface area contributed by atoms with E-state index in [1.54, 1.807) is 7.11 Å². The average Bonchev–Trinajstić information content (AvgIpc) is 2.81. The minimum atomic E-state index is -0.0525. The van der Waals surface area contributed by atoms with Gasteiger partial charge in [0.05, 0.1) is 7.11 Å². The number of carbonyl (C=O) groups excluding carboxylic acids is 1. The molecule has 0 aliphatic rings. The van der Waals surface area contributed by atoms with Gasteiger partial charge in [-0.2, -0.15) is 0 Å².